The fourth-order valence-corrected chi connectivity index (χ4v) is 1.80. The Morgan fingerprint density at radius 2 is 2.31 bits per heavy atom. The van der Waals surface area contributed by atoms with E-state index in [1.54, 1.807) is 23.0 Å². The van der Waals surface area contributed by atoms with Crippen LogP contribution in [0.3, 0.4) is 0 Å². The van der Waals surface area contributed by atoms with E-state index >= 15 is 0 Å². The number of nitrogens with zero attached hydrogens (tertiary/aromatic N) is 2. The van der Waals surface area contributed by atoms with E-state index in [1.807, 2.05) is 13.0 Å². The van der Waals surface area contributed by atoms with Gasteiger partial charge in [-0.2, -0.15) is 5.10 Å². The normalized spacial score (nSPS) is 12.8. The SMILES string of the molecule is CCC(C(N)=O)n1ncc2ccc(N)cc21. The Labute approximate surface area is 93.0 Å². The highest BCUT2D eigenvalue weighted by Crippen LogP contribution is 2.21. The molecule has 0 saturated heterocycles. The highest BCUT2D eigenvalue weighted by Gasteiger charge is 2.18. The summed E-state index contributed by atoms with van der Waals surface area (Å²) in [5, 5.41) is 5.14. The molecular formula is C11H14N4O. The summed E-state index contributed by atoms with van der Waals surface area (Å²) in [5.74, 6) is -0.380. The van der Waals surface area contributed by atoms with Crippen LogP contribution in [0.25, 0.3) is 10.9 Å². The van der Waals surface area contributed by atoms with Crippen LogP contribution in [0.5, 0.6) is 0 Å². The molecule has 0 spiro atoms. The highest BCUT2D eigenvalue weighted by atomic mass is 16.1. The summed E-state index contributed by atoms with van der Waals surface area (Å²) in [7, 11) is 0. The lowest BCUT2D eigenvalue weighted by atomic mass is 10.2. The number of carbonyl (C=O) groups is 1. The molecule has 5 heteroatoms. The van der Waals surface area contributed by atoms with Gasteiger partial charge in [-0.15, -0.1) is 0 Å². The van der Waals surface area contributed by atoms with Crippen molar-refractivity contribution in [2.75, 3.05) is 5.73 Å². The van der Waals surface area contributed by atoms with Gasteiger partial charge in [-0.25, -0.2) is 0 Å². The maximum Gasteiger partial charge on any atom is 0.242 e. The Kier molecular flexibility index (Phi) is 2.52. The van der Waals surface area contributed by atoms with Crippen molar-refractivity contribution in [1.29, 1.82) is 0 Å². The zero-order chi connectivity index (χ0) is 11.7. The van der Waals surface area contributed by atoms with Gasteiger partial charge in [-0.05, 0) is 24.6 Å². The van der Waals surface area contributed by atoms with Crippen LogP contribution in [0.15, 0.2) is 24.4 Å². The molecule has 84 valence electrons. The van der Waals surface area contributed by atoms with Gasteiger partial charge in [0.05, 0.1) is 11.7 Å². The van der Waals surface area contributed by atoms with Crippen LogP contribution < -0.4 is 11.5 Å². The molecule has 0 aliphatic carbocycles. The smallest absolute Gasteiger partial charge is 0.242 e. The van der Waals surface area contributed by atoms with Gasteiger partial charge in [0.15, 0.2) is 0 Å². The number of amides is 1. The number of primary amides is 1. The molecule has 0 bridgehead atoms. The van der Waals surface area contributed by atoms with E-state index in [-0.39, 0.29) is 5.91 Å². The Hall–Kier alpha value is -2.04. The van der Waals surface area contributed by atoms with Crippen LogP contribution in [0.1, 0.15) is 19.4 Å². The summed E-state index contributed by atoms with van der Waals surface area (Å²) in [4.78, 5) is 11.3. The average molecular weight is 218 g/mol. The highest BCUT2D eigenvalue weighted by molar-refractivity contribution is 5.85. The minimum atomic E-state index is -0.417. The number of fused-ring (bicyclic) bond motifs is 1. The summed E-state index contributed by atoms with van der Waals surface area (Å²) in [5.41, 5.74) is 12.5. The predicted octanol–water partition coefficient (Wildman–Crippen LogP) is 1.05. The monoisotopic (exact) mass is 218 g/mol. The molecule has 0 saturated carbocycles. The van der Waals surface area contributed by atoms with Crippen LogP contribution in [-0.2, 0) is 4.79 Å². The zero-order valence-electron chi connectivity index (χ0n) is 9.05. The van der Waals surface area contributed by atoms with Gasteiger partial charge in [-0.1, -0.05) is 6.92 Å². The quantitative estimate of drug-likeness (QED) is 0.755. The van der Waals surface area contributed by atoms with Crippen molar-refractivity contribution in [1.82, 2.24) is 9.78 Å². The Balaban J connectivity index is 2.59. The molecule has 16 heavy (non-hydrogen) atoms. The van der Waals surface area contributed by atoms with Crippen molar-refractivity contribution in [3.05, 3.63) is 24.4 Å². The molecule has 1 atom stereocenters. The van der Waals surface area contributed by atoms with Crippen LogP contribution in [0, 0.1) is 0 Å². The van der Waals surface area contributed by atoms with Crippen molar-refractivity contribution in [2.24, 2.45) is 5.73 Å². The molecule has 1 amide bonds. The minimum absolute atomic E-state index is 0.380. The second-order valence-corrected chi connectivity index (χ2v) is 3.73. The lowest BCUT2D eigenvalue weighted by Gasteiger charge is -2.12. The molecule has 0 fully saturated rings. The first-order chi connectivity index (χ1) is 7.63. The number of benzene rings is 1. The van der Waals surface area contributed by atoms with E-state index in [4.69, 9.17) is 11.5 Å². The third-order valence-electron chi connectivity index (χ3n) is 2.63. The van der Waals surface area contributed by atoms with Crippen LogP contribution >= 0.6 is 0 Å². The summed E-state index contributed by atoms with van der Waals surface area (Å²) >= 11 is 0. The third-order valence-corrected chi connectivity index (χ3v) is 2.63. The van der Waals surface area contributed by atoms with Crippen molar-refractivity contribution in [3.8, 4) is 0 Å². The number of aromatic nitrogens is 2. The fraction of sp³-hybridized carbons (Fsp3) is 0.273. The van der Waals surface area contributed by atoms with Gasteiger partial charge in [0, 0.05) is 11.1 Å². The number of nitrogens with two attached hydrogens (primary N) is 2. The molecule has 1 aromatic carbocycles. The number of carbonyl (C=O) groups excluding carboxylic acids is 1. The molecule has 1 heterocycles. The van der Waals surface area contributed by atoms with E-state index in [0.717, 1.165) is 10.9 Å². The van der Waals surface area contributed by atoms with Gasteiger partial charge >= 0.3 is 0 Å². The average Bonchev–Trinajstić information content (AvgIpc) is 2.62. The number of anilines is 1. The standard InChI is InChI=1S/C11H14N4O/c1-2-9(11(13)16)15-10-5-8(12)4-3-7(10)6-14-15/h3-6,9H,2,12H2,1H3,(H2,13,16). The lowest BCUT2D eigenvalue weighted by molar-refractivity contribution is -0.121. The van der Waals surface area contributed by atoms with Crippen molar-refractivity contribution >= 4 is 22.5 Å². The molecule has 1 aromatic heterocycles. The maximum absolute atomic E-state index is 11.3. The first-order valence-corrected chi connectivity index (χ1v) is 5.15. The molecule has 2 rings (SSSR count). The van der Waals surface area contributed by atoms with Gasteiger partial charge in [0.25, 0.3) is 0 Å². The van der Waals surface area contributed by atoms with Gasteiger partial charge in [-0.3, -0.25) is 9.48 Å². The van der Waals surface area contributed by atoms with E-state index in [0.29, 0.717) is 12.1 Å². The number of hydrogen-bond acceptors (Lipinski definition) is 3. The maximum atomic E-state index is 11.3. The fourth-order valence-electron chi connectivity index (χ4n) is 1.80. The van der Waals surface area contributed by atoms with Crippen molar-refractivity contribution in [3.63, 3.8) is 0 Å². The Bertz CT molecular complexity index is 532. The summed E-state index contributed by atoms with van der Waals surface area (Å²) in [6.45, 7) is 1.90. The second-order valence-electron chi connectivity index (χ2n) is 3.73. The van der Waals surface area contributed by atoms with E-state index < -0.39 is 6.04 Å². The number of hydrogen-bond donors (Lipinski definition) is 2. The second kappa shape index (κ2) is 3.84. The van der Waals surface area contributed by atoms with E-state index in [2.05, 4.69) is 5.10 Å². The van der Waals surface area contributed by atoms with Gasteiger partial charge in [0.2, 0.25) is 5.91 Å². The van der Waals surface area contributed by atoms with Crippen molar-refractivity contribution in [2.45, 2.75) is 19.4 Å². The Morgan fingerprint density at radius 3 is 2.94 bits per heavy atom. The lowest BCUT2D eigenvalue weighted by Crippen LogP contribution is -2.26. The van der Waals surface area contributed by atoms with E-state index in [9.17, 15) is 4.79 Å². The van der Waals surface area contributed by atoms with Crippen LogP contribution in [0.2, 0.25) is 0 Å². The van der Waals surface area contributed by atoms with Crippen LogP contribution in [-0.4, -0.2) is 15.7 Å². The van der Waals surface area contributed by atoms with Gasteiger partial charge in [0.1, 0.15) is 6.04 Å². The van der Waals surface area contributed by atoms with E-state index in [1.165, 1.54) is 0 Å². The molecule has 0 radical (unpaired) electrons. The molecule has 0 aliphatic rings. The summed E-state index contributed by atoms with van der Waals surface area (Å²) in [6.07, 6.45) is 2.32. The zero-order valence-corrected chi connectivity index (χ0v) is 9.05. The summed E-state index contributed by atoms with van der Waals surface area (Å²) in [6, 6.07) is 5.06. The van der Waals surface area contributed by atoms with Gasteiger partial charge < -0.3 is 11.5 Å². The molecule has 4 N–H and O–H groups in total. The topological polar surface area (TPSA) is 86.9 Å². The molecule has 0 aliphatic heterocycles. The number of rotatable bonds is 3. The molecular weight excluding hydrogens is 204 g/mol. The molecule has 2 aromatic rings. The molecule has 1 unspecified atom stereocenters. The van der Waals surface area contributed by atoms with Crippen LogP contribution in [0.4, 0.5) is 5.69 Å². The first-order valence-electron chi connectivity index (χ1n) is 5.15. The predicted molar refractivity (Wildman–Crippen MR) is 62.7 cm³/mol. The first kappa shape index (κ1) is 10.5. The molecule has 5 nitrogen and oxygen atoms in total. The third kappa shape index (κ3) is 1.60. The minimum Gasteiger partial charge on any atom is -0.399 e. The summed E-state index contributed by atoms with van der Waals surface area (Å²) < 4.78 is 1.63. The van der Waals surface area contributed by atoms with Crippen molar-refractivity contribution < 1.29 is 4.79 Å². The largest absolute Gasteiger partial charge is 0.399 e. The Morgan fingerprint density at radius 1 is 1.56 bits per heavy atom. The number of nitrogen functional groups attached to an aromatic ring is 1.